The van der Waals surface area contributed by atoms with Crippen molar-refractivity contribution < 1.29 is 13.2 Å². The first kappa shape index (κ1) is 15.2. The lowest BCUT2D eigenvalue weighted by atomic mass is 9.94. The molecule has 1 fully saturated rings. The lowest BCUT2D eigenvalue weighted by Gasteiger charge is -2.32. The van der Waals surface area contributed by atoms with Gasteiger partial charge in [0.2, 0.25) is 10.0 Å². The van der Waals surface area contributed by atoms with Crippen LogP contribution in [0.25, 0.3) is 0 Å². The van der Waals surface area contributed by atoms with E-state index in [1.165, 1.54) is 4.31 Å². The highest BCUT2D eigenvalue weighted by molar-refractivity contribution is 7.89. The highest BCUT2D eigenvalue weighted by atomic mass is 35.5. The molecule has 0 saturated carbocycles. The second-order valence-electron chi connectivity index (χ2n) is 5.63. The summed E-state index contributed by atoms with van der Waals surface area (Å²) in [5.41, 5.74) is 0.0330. The molecule has 1 heterocycles. The van der Waals surface area contributed by atoms with E-state index >= 15 is 0 Å². The van der Waals surface area contributed by atoms with Crippen molar-refractivity contribution in [2.45, 2.75) is 33.3 Å². The predicted octanol–water partition coefficient (Wildman–Crippen LogP) is 1.69. The van der Waals surface area contributed by atoms with Gasteiger partial charge in [0.05, 0.1) is 18.5 Å². The van der Waals surface area contributed by atoms with Gasteiger partial charge >= 0.3 is 0 Å². The molecular formula is C11H22ClNO3S. The van der Waals surface area contributed by atoms with E-state index in [4.69, 9.17) is 16.3 Å². The molecule has 4 nitrogen and oxygen atoms in total. The van der Waals surface area contributed by atoms with Crippen LogP contribution in [0.1, 0.15) is 27.2 Å². The molecule has 1 rings (SSSR count). The molecule has 0 spiro atoms. The summed E-state index contributed by atoms with van der Waals surface area (Å²) in [4.78, 5) is 0. The summed E-state index contributed by atoms with van der Waals surface area (Å²) in [5.74, 6) is 0.538. The van der Waals surface area contributed by atoms with E-state index < -0.39 is 10.0 Å². The number of alkyl halides is 1. The standard InChI is InChI=1S/C11H22ClNO3S/c1-11(2,3)4-7-17(14,15)13-5-6-16-10(8-12)9-13/h10H,4-9H2,1-3H3. The number of hydrogen-bond acceptors (Lipinski definition) is 3. The Morgan fingerprint density at radius 1 is 1.41 bits per heavy atom. The fourth-order valence-electron chi connectivity index (χ4n) is 1.60. The highest BCUT2D eigenvalue weighted by Crippen LogP contribution is 2.21. The zero-order valence-electron chi connectivity index (χ0n) is 10.8. The van der Waals surface area contributed by atoms with Crippen LogP contribution in [0.15, 0.2) is 0 Å². The molecule has 0 amide bonds. The van der Waals surface area contributed by atoms with Crippen molar-refractivity contribution >= 4 is 21.6 Å². The van der Waals surface area contributed by atoms with E-state index in [9.17, 15) is 8.42 Å². The number of nitrogens with zero attached hydrogens (tertiary/aromatic N) is 1. The van der Waals surface area contributed by atoms with Crippen molar-refractivity contribution in [3.63, 3.8) is 0 Å². The van der Waals surface area contributed by atoms with Crippen molar-refractivity contribution in [3.8, 4) is 0 Å². The summed E-state index contributed by atoms with van der Waals surface area (Å²) < 4.78 is 31.1. The molecule has 0 aromatic carbocycles. The molecule has 0 N–H and O–H groups in total. The van der Waals surface area contributed by atoms with Gasteiger partial charge in [-0.1, -0.05) is 20.8 Å². The van der Waals surface area contributed by atoms with Crippen LogP contribution in [0.4, 0.5) is 0 Å². The quantitative estimate of drug-likeness (QED) is 0.738. The third kappa shape index (κ3) is 5.12. The molecule has 1 aliphatic heterocycles. The summed E-state index contributed by atoms with van der Waals surface area (Å²) in [6.45, 7) is 7.40. The minimum Gasteiger partial charge on any atom is -0.374 e. The molecule has 1 atom stereocenters. The van der Waals surface area contributed by atoms with Crippen LogP contribution in [0, 0.1) is 5.41 Å². The fraction of sp³-hybridized carbons (Fsp3) is 1.00. The molecule has 1 aliphatic rings. The van der Waals surface area contributed by atoms with Crippen LogP contribution in [-0.4, -0.2) is 50.2 Å². The Balaban J connectivity index is 2.57. The molecule has 17 heavy (non-hydrogen) atoms. The molecule has 0 aromatic rings. The zero-order chi connectivity index (χ0) is 13.1. The molecule has 1 saturated heterocycles. The first-order valence-electron chi connectivity index (χ1n) is 5.90. The van der Waals surface area contributed by atoms with Gasteiger partial charge in [-0.3, -0.25) is 0 Å². The zero-order valence-corrected chi connectivity index (χ0v) is 12.4. The van der Waals surface area contributed by atoms with Crippen LogP contribution in [0.3, 0.4) is 0 Å². The maximum absolute atomic E-state index is 12.1. The van der Waals surface area contributed by atoms with Gasteiger partial charge in [0.25, 0.3) is 0 Å². The SMILES string of the molecule is CC(C)(C)CCS(=O)(=O)N1CCOC(CCl)C1. The molecular weight excluding hydrogens is 262 g/mol. The van der Waals surface area contributed by atoms with Gasteiger partial charge in [-0.05, 0) is 11.8 Å². The monoisotopic (exact) mass is 283 g/mol. The van der Waals surface area contributed by atoms with E-state index in [-0.39, 0.29) is 17.3 Å². The summed E-state index contributed by atoms with van der Waals surface area (Å²) >= 11 is 5.70. The minimum absolute atomic E-state index is 0.0330. The van der Waals surface area contributed by atoms with Gasteiger partial charge < -0.3 is 4.74 Å². The van der Waals surface area contributed by atoms with Crippen molar-refractivity contribution in [1.82, 2.24) is 4.31 Å². The van der Waals surface area contributed by atoms with Crippen LogP contribution in [-0.2, 0) is 14.8 Å². The van der Waals surface area contributed by atoms with E-state index in [1.54, 1.807) is 0 Å². The number of sulfonamides is 1. The van der Waals surface area contributed by atoms with Gasteiger partial charge in [0.15, 0.2) is 0 Å². The fourth-order valence-corrected chi connectivity index (χ4v) is 3.66. The second-order valence-corrected chi connectivity index (χ2v) is 8.03. The Morgan fingerprint density at radius 3 is 2.59 bits per heavy atom. The van der Waals surface area contributed by atoms with Crippen LogP contribution in [0.5, 0.6) is 0 Å². The lowest BCUT2D eigenvalue weighted by Crippen LogP contribution is -2.47. The Bertz CT molecular complexity index is 337. The highest BCUT2D eigenvalue weighted by Gasteiger charge is 2.29. The van der Waals surface area contributed by atoms with Gasteiger partial charge in [0.1, 0.15) is 0 Å². The number of halogens is 1. The normalized spacial score (nSPS) is 23.9. The van der Waals surface area contributed by atoms with Crippen molar-refractivity contribution in [1.29, 1.82) is 0 Å². The Kier molecular flexibility index (Phi) is 5.25. The smallest absolute Gasteiger partial charge is 0.214 e. The first-order chi connectivity index (χ1) is 7.74. The average molecular weight is 284 g/mol. The van der Waals surface area contributed by atoms with E-state index in [1.807, 2.05) is 20.8 Å². The van der Waals surface area contributed by atoms with Crippen LogP contribution < -0.4 is 0 Å². The van der Waals surface area contributed by atoms with Crippen molar-refractivity contribution in [2.24, 2.45) is 5.41 Å². The number of ether oxygens (including phenoxy) is 1. The number of morpholine rings is 1. The van der Waals surface area contributed by atoms with Crippen molar-refractivity contribution in [2.75, 3.05) is 31.3 Å². The Hall–Kier alpha value is 0.160. The van der Waals surface area contributed by atoms with E-state index in [0.717, 1.165) is 0 Å². The summed E-state index contributed by atoms with van der Waals surface area (Å²) in [6, 6.07) is 0. The third-order valence-electron chi connectivity index (χ3n) is 2.78. The number of hydrogen-bond donors (Lipinski definition) is 0. The first-order valence-corrected chi connectivity index (χ1v) is 8.04. The topological polar surface area (TPSA) is 46.6 Å². The predicted molar refractivity (Wildman–Crippen MR) is 69.9 cm³/mol. The summed E-state index contributed by atoms with van der Waals surface area (Å²) in [5, 5.41) is 0. The molecule has 0 radical (unpaired) electrons. The Labute approximate surface area is 109 Å². The maximum atomic E-state index is 12.1. The van der Waals surface area contributed by atoms with Crippen LogP contribution in [0.2, 0.25) is 0 Å². The van der Waals surface area contributed by atoms with Gasteiger partial charge in [-0.25, -0.2) is 8.42 Å². The largest absolute Gasteiger partial charge is 0.374 e. The molecule has 102 valence electrons. The van der Waals surface area contributed by atoms with Gasteiger partial charge in [-0.15, -0.1) is 11.6 Å². The van der Waals surface area contributed by atoms with E-state index in [2.05, 4.69) is 0 Å². The van der Waals surface area contributed by atoms with Crippen LogP contribution >= 0.6 is 11.6 Å². The lowest BCUT2D eigenvalue weighted by molar-refractivity contribution is 0.0122. The van der Waals surface area contributed by atoms with Crippen molar-refractivity contribution in [3.05, 3.63) is 0 Å². The minimum atomic E-state index is -3.16. The molecule has 0 aliphatic carbocycles. The van der Waals surface area contributed by atoms with E-state index in [0.29, 0.717) is 32.0 Å². The summed E-state index contributed by atoms with van der Waals surface area (Å²) in [6.07, 6.45) is 0.493. The molecule has 1 unspecified atom stereocenters. The maximum Gasteiger partial charge on any atom is 0.214 e. The Morgan fingerprint density at radius 2 is 2.06 bits per heavy atom. The average Bonchev–Trinajstić information content (AvgIpc) is 2.26. The second kappa shape index (κ2) is 5.87. The molecule has 6 heteroatoms. The van der Waals surface area contributed by atoms with Gasteiger partial charge in [0, 0.05) is 19.0 Å². The molecule has 0 aromatic heterocycles. The third-order valence-corrected chi connectivity index (χ3v) is 4.96. The number of rotatable bonds is 4. The molecule has 0 bridgehead atoms. The summed E-state index contributed by atoms with van der Waals surface area (Å²) in [7, 11) is -3.16. The van der Waals surface area contributed by atoms with Gasteiger partial charge in [-0.2, -0.15) is 4.31 Å².